The molecule has 7 rings (SSSR count). The number of ether oxygens (including phenoxy) is 1. The number of pyridine rings is 1. The van der Waals surface area contributed by atoms with E-state index < -0.39 is 5.60 Å². The van der Waals surface area contributed by atoms with Crippen molar-refractivity contribution in [2.45, 2.75) is 89.5 Å². The van der Waals surface area contributed by atoms with Crippen LogP contribution in [0.3, 0.4) is 0 Å². The first kappa shape index (κ1) is 34.3. The average Bonchev–Trinajstić information content (AvgIpc) is 3.42. The van der Waals surface area contributed by atoms with Crippen LogP contribution < -0.4 is 0 Å². The van der Waals surface area contributed by atoms with Gasteiger partial charge in [0.2, 0.25) is 0 Å². The van der Waals surface area contributed by atoms with Crippen molar-refractivity contribution in [2.75, 3.05) is 39.3 Å². The van der Waals surface area contributed by atoms with Crippen LogP contribution in [0.5, 0.6) is 0 Å². The largest absolute Gasteiger partial charge is 0.446 e. The number of benzene rings is 1. The number of hydrogen-bond acceptors (Lipinski definition) is 8. The molecule has 1 saturated carbocycles. The SMILES string of the molecule is CC1(O)CCC(OC(=O)N2CCN([C@H]3c4ccc(Cl)cc4CCc4cccnc43)CC2)CC1.Cc1cn(C[C@@H]2CCCN(N=O)C2)cn1. The predicted octanol–water partition coefficient (Wildman–Crippen LogP) is 5.96. The zero-order valence-corrected chi connectivity index (χ0v) is 28.9. The highest BCUT2D eigenvalue weighted by Crippen LogP contribution is 2.37. The highest BCUT2D eigenvalue weighted by molar-refractivity contribution is 6.30. The number of carbonyl (C=O) groups excluding carboxylic acids is 1. The molecule has 4 aliphatic rings. The fourth-order valence-corrected chi connectivity index (χ4v) is 7.79. The van der Waals surface area contributed by atoms with Crippen molar-refractivity contribution in [3.05, 3.63) is 87.1 Å². The minimum Gasteiger partial charge on any atom is -0.446 e. The third kappa shape index (κ3) is 8.54. The maximum absolute atomic E-state index is 12.8. The van der Waals surface area contributed by atoms with Crippen LogP contribution in [-0.4, -0.2) is 91.5 Å². The van der Waals surface area contributed by atoms with E-state index in [1.165, 1.54) is 23.1 Å². The van der Waals surface area contributed by atoms with Crippen molar-refractivity contribution < 1.29 is 14.6 Å². The topological polar surface area (TPSA) is 116 Å². The Morgan fingerprint density at radius 1 is 1.06 bits per heavy atom. The van der Waals surface area contributed by atoms with E-state index >= 15 is 0 Å². The van der Waals surface area contributed by atoms with E-state index in [1.54, 1.807) is 5.01 Å². The second kappa shape index (κ2) is 15.3. The summed E-state index contributed by atoms with van der Waals surface area (Å²) in [5.41, 5.74) is 5.35. The molecule has 4 heterocycles. The highest BCUT2D eigenvalue weighted by Gasteiger charge is 2.35. The van der Waals surface area contributed by atoms with E-state index in [2.05, 4.69) is 37.9 Å². The summed E-state index contributed by atoms with van der Waals surface area (Å²) in [5, 5.41) is 15.5. The van der Waals surface area contributed by atoms with Gasteiger partial charge in [0.1, 0.15) is 6.10 Å². The van der Waals surface area contributed by atoms with Crippen molar-refractivity contribution in [3.63, 3.8) is 0 Å². The summed E-state index contributed by atoms with van der Waals surface area (Å²) in [6.07, 6.45) is 12.4. The summed E-state index contributed by atoms with van der Waals surface area (Å²) < 4.78 is 7.87. The molecule has 48 heavy (non-hydrogen) atoms. The van der Waals surface area contributed by atoms with Crippen LogP contribution in [0.15, 0.2) is 54.3 Å². The maximum atomic E-state index is 12.8. The molecule has 2 aliphatic heterocycles. The van der Waals surface area contributed by atoms with E-state index in [0.717, 1.165) is 81.2 Å². The number of aryl methyl sites for hydroxylation is 3. The first-order chi connectivity index (χ1) is 23.2. The number of nitrogens with zero attached hydrogens (tertiary/aromatic N) is 7. The molecule has 0 bridgehead atoms. The number of imidazole rings is 1. The Morgan fingerprint density at radius 2 is 1.83 bits per heavy atom. The molecule has 1 aromatic carbocycles. The molecule has 2 atom stereocenters. The standard InChI is InChI=1S/C26H32ClN3O3.C10H16N4O/c1-26(32)10-8-21(9-11-26)33-25(31)30-15-13-29(14-16-30)24-22-7-6-20(27)17-19(22)5-4-18-3-2-12-28-23(18)24;1-9-5-13(8-11-9)6-10-3-2-4-14(7-10)12-15/h2-3,6-7,12,17,21,24,32H,4-5,8-11,13-16H2,1H3;5,8,10H,2-4,6-7H2,1H3/t21?,24-,26?;10-/m00/s1. The van der Waals surface area contributed by atoms with Gasteiger partial charge < -0.3 is 19.3 Å². The lowest BCUT2D eigenvalue weighted by Crippen LogP contribution is -2.51. The quantitative estimate of drug-likeness (QED) is 0.329. The number of piperidine rings is 1. The lowest BCUT2D eigenvalue weighted by atomic mass is 9.85. The summed E-state index contributed by atoms with van der Waals surface area (Å²) in [6.45, 7) is 9.15. The van der Waals surface area contributed by atoms with Gasteiger partial charge in [-0.3, -0.25) is 14.9 Å². The van der Waals surface area contributed by atoms with Gasteiger partial charge in [0.05, 0.1) is 34.6 Å². The molecule has 11 nitrogen and oxygen atoms in total. The molecule has 2 saturated heterocycles. The number of hydrogen-bond donors (Lipinski definition) is 1. The lowest BCUT2D eigenvalue weighted by Gasteiger charge is -2.40. The molecule has 2 aliphatic carbocycles. The Morgan fingerprint density at radius 3 is 2.56 bits per heavy atom. The van der Waals surface area contributed by atoms with E-state index in [-0.39, 0.29) is 18.2 Å². The fourth-order valence-electron chi connectivity index (χ4n) is 7.60. The first-order valence-electron chi connectivity index (χ1n) is 17.4. The Labute approximate surface area is 288 Å². The van der Waals surface area contributed by atoms with Gasteiger partial charge in [-0.2, -0.15) is 0 Å². The normalized spacial score (nSPS) is 26.0. The minimum absolute atomic E-state index is 0.0645. The van der Waals surface area contributed by atoms with Crippen molar-refractivity contribution in [3.8, 4) is 0 Å². The molecule has 0 spiro atoms. The number of piperazine rings is 1. The summed E-state index contributed by atoms with van der Waals surface area (Å²) in [6, 6.07) is 10.5. The predicted molar refractivity (Wildman–Crippen MR) is 185 cm³/mol. The minimum atomic E-state index is -0.627. The maximum Gasteiger partial charge on any atom is 0.410 e. The Bertz CT molecular complexity index is 1550. The molecule has 258 valence electrons. The Balaban J connectivity index is 0.000000223. The number of fused-ring (bicyclic) bond motifs is 2. The Hall–Kier alpha value is -3.54. The molecule has 1 amide bonds. The van der Waals surface area contributed by atoms with Gasteiger partial charge in [0, 0.05) is 63.2 Å². The van der Waals surface area contributed by atoms with Crippen molar-refractivity contribution >= 4 is 17.7 Å². The van der Waals surface area contributed by atoms with Gasteiger partial charge in [0.25, 0.3) is 0 Å². The van der Waals surface area contributed by atoms with Crippen LogP contribution in [0.25, 0.3) is 0 Å². The monoisotopic (exact) mass is 677 g/mol. The molecule has 0 unspecified atom stereocenters. The smallest absolute Gasteiger partial charge is 0.410 e. The third-order valence-electron chi connectivity index (χ3n) is 10.3. The Kier molecular flexibility index (Phi) is 11.0. The zero-order valence-electron chi connectivity index (χ0n) is 28.1. The fraction of sp³-hybridized carbons (Fsp3) is 0.583. The molecule has 0 radical (unpaired) electrons. The molecule has 3 aromatic rings. The number of aliphatic hydroxyl groups is 1. The highest BCUT2D eigenvalue weighted by atomic mass is 35.5. The number of nitroso groups, excluding NO2 is 1. The van der Waals surface area contributed by atoms with Gasteiger partial charge in [-0.25, -0.2) is 9.78 Å². The van der Waals surface area contributed by atoms with Crippen LogP contribution in [0.2, 0.25) is 5.02 Å². The lowest BCUT2D eigenvalue weighted by molar-refractivity contribution is -0.0326. The number of aromatic nitrogens is 3. The number of halogens is 1. The first-order valence-corrected chi connectivity index (χ1v) is 17.8. The summed E-state index contributed by atoms with van der Waals surface area (Å²) in [7, 11) is 0. The van der Waals surface area contributed by atoms with Gasteiger partial charge >= 0.3 is 6.09 Å². The van der Waals surface area contributed by atoms with Crippen LogP contribution in [0.4, 0.5) is 4.79 Å². The summed E-state index contributed by atoms with van der Waals surface area (Å²) in [5.74, 6) is 0.519. The third-order valence-corrected chi connectivity index (χ3v) is 10.5. The molecular formula is C36H48ClN7O4. The van der Waals surface area contributed by atoms with Crippen molar-refractivity contribution in [2.24, 2.45) is 11.2 Å². The van der Waals surface area contributed by atoms with Gasteiger partial charge in [-0.1, -0.05) is 23.7 Å². The molecule has 3 fully saturated rings. The number of carbonyl (C=O) groups is 1. The van der Waals surface area contributed by atoms with Gasteiger partial charge in [-0.15, -0.1) is 4.91 Å². The average molecular weight is 678 g/mol. The van der Waals surface area contributed by atoms with E-state index in [9.17, 15) is 14.8 Å². The molecule has 1 N–H and O–H groups in total. The van der Waals surface area contributed by atoms with Crippen molar-refractivity contribution in [1.82, 2.24) is 29.3 Å². The summed E-state index contributed by atoms with van der Waals surface area (Å²) in [4.78, 5) is 36.5. The second-order valence-electron chi connectivity index (χ2n) is 14.1. The molecule has 2 aromatic heterocycles. The molecule has 12 heteroatoms. The van der Waals surface area contributed by atoms with Crippen molar-refractivity contribution in [1.29, 1.82) is 0 Å². The van der Waals surface area contributed by atoms with Crippen LogP contribution in [0.1, 0.15) is 79.6 Å². The van der Waals surface area contributed by atoms with E-state index in [1.807, 2.05) is 49.6 Å². The zero-order chi connectivity index (χ0) is 33.7. The van der Waals surface area contributed by atoms with Crippen LogP contribution in [0, 0.1) is 17.7 Å². The van der Waals surface area contributed by atoms with Gasteiger partial charge in [-0.05, 0) is 106 Å². The second-order valence-corrected chi connectivity index (χ2v) is 14.5. The van der Waals surface area contributed by atoms with Crippen LogP contribution >= 0.6 is 11.6 Å². The summed E-state index contributed by atoms with van der Waals surface area (Å²) >= 11 is 6.32. The van der Waals surface area contributed by atoms with Gasteiger partial charge in [0.15, 0.2) is 0 Å². The van der Waals surface area contributed by atoms with E-state index in [4.69, 9.17) is 21.3 Å². The van der Waals surface area contributed by atoms with E-state index in [0.29, 0.717) is 31.8 Å². The molecular weight excluding hydrogens is 630 g/mol. The number of amides is 1. The number of rotatable bonds is 5. The van der Waals surface area contributed by atoms with Crippen LogP contribution in [-0.2, 0) is 24.1 Å².